The van der Waals surface area contributed by atoms with Gasteiger partial charge in [0.25, 0.3) is 0 Å². The van der Waals surface area contributed by atoms with E-state index in [9.17, 15) is 0 Å². The van der Waals surface area contributed by atoms with Crippen LogP contribution in [0.25, 0.3) is 0 Å². The fourth-order valence-electron chi connectivity index (χ4n) is 3.71. The normalized spacial score (nSPS) is 21.1. The molecule has 0 N–H and O–H groups in total. The Balaban J connectivity index is 1.51. The maximum Gasteiger partial charge on any atom is 0.171 e. The van der Waals surface area contributed by atoms with E-state index in [-0.39, 0.29) is 0 Å². The number of anilines is 1. The van der Waals surface area contributed by atoms with Gasteiger partial charge in [0.1, 0.15) is 18.2 Å². The number of nitrogens with zero attached hydrogens (tertiary/aromatic N) is 4. The van der Waals surface area contributed by atoms with Gasteiger partial charge in [-0.05, 0) is 50.7 Å². The summed E-state index contributed by atoms with van der Waals surface area (Å²) < 4.78 is 8.42. The molecule has 1 aromatic carbocycles. The summed E-state index contributed by atoms with van der Waals surface area (Å²) in [6.45, 7) is 7.06. The smallest absolute Gasteiger partial charge is 0.171 e. The van der Waals surface area contributed by atoms with Gasteiger partial charge >= 0.3 is 0 Å². The summed E-state index contributed by atoms with van der Waals surface area (Å²) >= 11 is 0. The van der Waals surface area contributed by atoms with Crippen LogP contribution in [-0.4, -0.2) is 27.9 Å². The first-order valence-electron chi connectivity index (χ1n) is 9.09. The molecule has 1 atom stereocenters. The Morgan fingerprint density at radius 3 is 2.79 bits per heavy atom. The molecule has 1 saturated heterocycles. The molecule has 0 spiro atoms. The third kappa shape index (κ3) is 3.12. The molecule has 1 aromatic heterocycles. The second-order valence-corrected chi connectivity index (χ2v) is 7.21. The zero-order valence-corrected chi connectivity index (χ0v) is 14.6. The Hall–Kier alpha value is -2.04. The Morgan fingerprint density at radius 2 is 2.00 bits per heavy atom. The van der Waals surface area contributed by atoms with Gasteiger partial charge in [0.2, 0.25) is 0 Å². The summed E-state index contributed by atoms with van der Waals surface area (Å²) in [5.74, 6) is 3.63. The number of rotatable bonds is 5. The van der Waals surface area contributed by atoms with Gasteiger partial charge < -0.3 is 14.2 Å². The van der Waals surface area contributed by atoms with E-state index in [2.05, 4.69) is 44.8 Å². The predicted octanol–water partition coefficient (Wildman–Crippen LogP) is 3.74. The van der Waals surface area contributed by atoms with Gasteiger partial charge in [0, 0.05) is 19.1 Å². The lowest BCUT2D eigenvalue weighted by Crippen LogP contribution is -2.34. The molecule has 1 aliphatic carbocycles. The molecule has 0 bridgehead atoms. The van der Waals surface area contributed by atoms with Crippen molar-refractivity contribution in [1.29, 1.82) is 0 Å². The van der Waals surface area contributed by atoms with E-state index in [0.717, 1.165) is 36.4 Å². The molecule has 0 radical (unpaired) electrons. The van der Waals surface area contributed by atoms with Crippen molar-refractivity contribution in [2.45, 2.75) is 52.2 Å². The van der Waals surface area contributed by atoms with E-state index >= 15 is 0 Å². The van der Waals surface area contributed by atoms with Crippen LogP contribution < -0.4 is 9.64 Å². The van der Waals surface area contributed by atoms with Gasteiger partial charge in [0.15, 0.2) is 5.82 Å². The summed E-state index contributed by atoms with van der Waals surface area (Å²) in [4.78, 5) is 2.46. The summed E-state index contributed by atoms with van der Waals surface area (Å²) in [7, 11) is 0. The van der Waals surface area contributed by atoms with Crippen molar-refractivity contribution in [1.82, 2.24) is 14.8 Å². The first-order valence-corrected chi connectivity index (χ1v) is 9.09. The van der Waals surface area contributed by atoms with Crippen LogP contribution in [0.4, 0.5) is 5.69 Å². The van der Waals surface area contributed by atoms with E-state index in [1.165, 1.54) is 31.4 Å². The molecule has 2 aromatic rings. The van der Waals surface area contributed by atoms with E-state index in [4.69, 9.17) is 4.74 Å². The van der Waals surface area contributed by atoms with E-state index in [1.807, 2.05) is 13.0 Å². The Bertz CT molecular complexity index is 707. The Morgan fingerprint density at radius 1 is 1.17 bits per heavy atom. The lowest BCUT2D eigenvalue weighted by molar-refractivity contribution is 0.288. The maximum atomic E-state index is 6.18. The fraction of sp³-hybridized carbons (Fsp3) is 0.579. The first kappa shape index (κ1) is 15.5. The standard InChI is InChI=1S/C19H26N4O/c1-14-6-5-11-22(12-14)17-7-3-4-8-18(17)24-13-19-21-20-15(2)23(19)16-9-10-16/h3-4,7-8,14,16H,5-6,9-13H2,1-2H3/t14-/m1/s1. The maximum absolute atomic E-state index is 6.18. The molecule has 2 heterocycles. The quantitative estimate of drug-likeness (QED) is 0.839. The molecule has 4 rings (SSSR count). The lowest BCUT2D eigenvalue weighted by atomic mass is 9.99. The summed E-state index contributed by atoms with van der Waals surface area (Å²) in [6, 6.07) is 8.96. The van der Waals surface area contributed by atoms with Crippen molar-refractivity contribution >= 4 is 5.69 Å². The molecule has 2 aliphatic rings. The van der Waals surface area contributed by atoms with Crippen molar-refractivity contribution in [3.05, 3.63) is 35.9 Å². The Labute approximate surface area is 143 Å². The van der Waals surface area contributed by atoms with Gasteiger partial charge in [-0.2, -0.15) is 0 Å². The largest absolute Gasteiger partial charge is 0.483 e. The first-order chi connectivity index (χ1) is 11.7. The highest BCUT2D eigenvalue weighted by atomic mass is 16.5. The Kier molecular flexibility index (Phi) is 4.17. The molecule has 24 heavy (non-hydrogen) atoms. The summed E-state index contributed by atoms with van der Waals surface area (Å²) in [5, 5.41) is 8.56. The monoisotopic (exact) mass is 326 g/mol. The van der Waals surface area contributed by atoms with Crippen LogP contribution in [0.2, 0.25) is 0 Å². The minimum Gasteiger partial charge on any atom is -0.483 e. The fourth-order valence-corrected chi connectivity index (χ4v) is 3.71. The molecule has 0 amide bonds. The third-order valence-corrected chi connectivity index (χ3v) is 5.07. The highest BCUT2D eigenvalue weighted by Crippen LogP contribution is 2.37. The number of para-hydroxylation sites is 2. The van der Waals surface area contributed by atoms with Crippen molar-refractivity contribution < 1.29 is 4.74 Å². The van der Waals surface area contributed by atoms with Gasteiger partial charge in [-0.15, -0.1) is 10.2 Å². The molecule has 2 fully saturated rings. The second kappa shape index (κ2) is 6.46. The number of hydrogen-bond donors (Lipinski definition) is 0. The van der Waals surface area contributed by atoms with E-state index in [0.29, 0.717) is 12.6 Å². The van der Waals surface area contributed by atoms with Gasteiger partial charge in [-0.1, -0.05) is 19.1 Å². The summed E-state index contributed by atoms with van der Waals surface area (Å²) in [6.07, 6.45) is 5.04. The van der Waals surface area contributed by atoms with Crippen molar-refractivity contribution in [3.63, 3.8) is 0 Å². The van der Waals surface area contributed by atoms with Crippen molar-refractivity contribution in [2.24, 2.45) is 5.92 Å². The molecule has 0 unspecified atom stereocenters. The zero-order chi connectivity index (χ0) is 16.5. The number of hydrogen-bond acceptors (Lipinski definition) is 4. The topological polar surface area (TPSA) is 43.2 Å². The van der Waals surface area contributed by atoms with Crippen LogP contribution in [0, 0.1) is 12.8 Å². The van der Waals surface area contributed by atoms with Crippen LogP contribution in [-0.2, 0) is 6.61 Å². The van der Waals surface area contributed by atoms with Gasteiger partial charge in [-0.3, -0.25) is 0 Å². The predicted molar refractivity (Wildman–Crippen MR) is 94.4 cm³/mol. The number of piperidine rings is 1. The molecule has 5 heteroatoms. The van der Waals surface area contributed by atoms with E-state index in [1.54, 1.807) is 0 Å². The van der Waals surface area contributed by atoms with Crippen LogP contribution in [0.1, 0.15) is 50.3 Å². The molecule has 128 valence electrons. The van der Waals surface area contributed by atoms with Gasteiger partial charge in [-0.25, -0.2) is 0 Å². The van der Waals surface area contributed by atoms with Crippen molar-refractivity contribution in [2.75, 3.05) is 18.0 Å². The number of aryl methyl sites for hydroxylation is 1. The average molecular weight is 326 g/mol. The van der Waals surface area contributed by atoms with Crippen LogP contribution in [0.15, 0.2) is 24.3 Å². The van der Waals surface area contributed by atoms with Gasteiger partial charge in [0.05, 0.1) is 5.69 Å². The SMILES string of the molecule is Cc1nnc(COc2ccccc2N2CCC[C@@H](C)C2)n1C1CC1. The number of aromatic nitrogens is 3. The highest BCUT2D eigenvalue weighted by molar-refractivity contribution is 5.58. The lowest BCUT2D eigenvalue weighted by Gasteiger charge is -2.33. The molecular weight excluding hydrogens is 300 g/mol. The number of benzene rings is 1. The number of ether oxygens (including phenoxy) is 1. The zero-order valence-electron chi connectivity index (χ0n) is 14.6. The average Bonchev–Trinajstić information content (AvgIpc) is 3.36. The van der Waals surface area contributed by atoms with Crippen LogP contribution in [0.3, 0.4) is 0 Å². The minimum absolute atomic E-state index is 0.484. The highest BCUT2D eigenvalue weighted by Gasteiger charge is 2.28. The molecule has 1 aliphatic heterocycles. The molecular formula is C19H26N4O. The van der Waals surface area contributed by atoms with E-state index < -0.39 is 0 Å². The molecule has 5 nitrogen and oxygen atoms in total. The van der Waals surface area contributed by atoms with Crippen LogP contribution >= 0.6 is 0 Å². The van der Waals surface area contributed by atoms with Crippen molar-refractivity contribution in [3.8, 4) is 5.75 Å². The van der Waals surface area contributed by atoms with Crippen LogP contribution in [0.5, 0.6) is 5.75 Å². The minimum atomic E-state index is 0.484. The second-order valence-electron chi connectivity index (χ2n) is 7.21. The third-order valence-electron chi connectivity index (χ3n) is 5.07. The molecule has 1 saturated carbocycles. The summed E-state index contributed by atoms with van der Waals surface area (Å²) in [5.41, 5.74) is 1.21.